The van der Waals surface area contributed by atoms with E-state index in [0.29, 0.717) is 12.6 Å². The molecule has 4 heteroatoms. The van der Waals surface area contributed by atoms with Crippen molar-refractivity contribution in [2.45, 2.75) is 19.8 Å². The van der Waals surface area contributed by atoms with Gasteiger partial charge in [0.05, 0.1) is 6.61 Å². The molecule has 1 rings (SSSR count). The average molecular weight is 195 g/mol. The molecule has 1 heterocycles. The highest BCUT2D eigenvalue weighted by Crippen LogP contribution is 1.93. The molecule has 1 aromatic heterocycles. The first-order chi connectivity index (χ1) is 6.93. The number of ether oxygens (including phenoxy) is 1. The third-order valence-electron chi connectivity index (χ3n) is 1.74. The van der Waals surface area contributed by atoms with Crippen molar-refractivity contribution in [1.82, 2.24) is 9.97 Å². The van der Waals surface area contributed by atoms with Gasteiger partial charge in [0.15, 0.2) is 0 Å². The van der Waals surface area contributed by atoms with Gasteiger partial charge in [-0.3, -0.25) is 0 Å². The Bertz CT molecular complexity index is 228. The first kappa shape index (κ1) is 10.9. The lowest BCUT2D eigenvalue weighted by molar-refractivity contribution is 0.141. The van der Waals surface area contributed by atoms with Crippen LogP contribution in [0.3, 0.4) is 0 Å². The lowest BCUT2D eigenvalue weighted by atomic mass is 10.4. The van der Waals surface area contributed by atoms with E-state index in [2.05, 4.69) is 22.2 Å². The molecular weight excluding hydrogens is 178 g/mol. The molecule has 0 aromatic carbocycles. The van der Waals surface area contributed by atoms with Crippen LogP contribution in [0.25, 0.3) is 0 Å². The highest BCUT2D eigenvalue weighted by Gasteiger charge is 1.91. The minimum Gasteiger partial charge on any atom is -0.380 e. The Balaban J connectivity index is 1.99. The van der Waals surface area contributed by atoms with Crippen LogP contribution < -0.4 is 5.32 Å². The van der Waals surface area contributed by atoms with Crippen LogP contribution in [-0.2, 0) is 4.74 Å². The van der Waals surface area contributed by atoms with E-state index in [0.717, 1.165) is 19.6 Å². The number of unbranched alkanes of at least 4 members (excludes halogenated alkanes) is 1. The second-order valence-corrected chi connectivity index (χ2v) is 2.97. The van der Waals surface area contributed by atoms with Gasteiger partial charge in [0, 0.05) is 25.5 Å². The van der Waals surface area contributed by atoms with Crippen LogP contribution in [0, 0.1) is 0 Å². The van der Waals surface area contributed by atoms with E-state index >= 15 is 0 Å². The van der Waals surface area contributed by atoms with Gasteiger partial charge in [0.1, 0.15) is 0 Å². The number of nitrogens with one attached hydrogen (secondary N) is 1. The van der Waals surface area contributed by atoms with Gasteiger partial charge in [0.2, 0.25) is 5.95 Å². The number of nitrogens with zero attached hydrogens (tertiary/aromatic N) is 2. The quantitative estimate of drug-likeness (QED) is 0.673. The van der Waals surface area contributed by atoms with Crippen LogP contribution in [0.2, 0.25) is 0 Å². The summed E-state index contributed by atoms with van der Waals surface area (Å²) >= 11 is 0. The summed E-state index contributed by atoms with van der Waals surface area (Å²) in [5.74, 6) is 0.659. The van der Waals surface area contributed by atoms with Crippen LogP contribution in [-0.4, -0.2) is 29.7 Å². The topological polar surface area (TPSA) is 47.0 Å². The Morgan fingerprint density at radius 1 is 1.29 bits per heavy atom. The van der Waals surface area contributed by atoms with Crippen LogP contribution in [0.5, 0.6) is 0 Å². The largest absolute Gasteiger partial charge is 0.380 e. The van der Waals surface area contributed by atoms with Crippen molar-refractivity contribution in [2.75, 3.05) is 25.1 Å². The molecule has 0 aliphatic heterocycles. The summed E-state index contributed by atoms with van der Waals surface area (Å²) in [6, 6.07) is 1.79. The summed E-state index contributed by atoms with van der Waals surface area (Å²) in [7, 11) is 0. The lowest BCUT2D eigenvalue weighted by Crippen LogP contribution is -2.11. The highest BCUT2D eigenvalue weighted by molar-refractivity contribution is 5.21. The summed E-state index contributed by atoms with van der Waals surface area (Å²) < 4.78 is 5.38. The second-order valence-electron chi connectivity index (χ2n) is 2.97. The number of aromatic nitrogens is 2. The number of anilines is 1. The minimum atomic E-state index is 0.659. The fourth-order valence-electron chi connectivity index (χ4n) is 0.974. The monoisotopic (exact) mass is 195 g/mol. The molecule has 0 unspecified atom stereocenters. The molecule has 0 atom stereocenters. The summed E-state index contributed by atoms with van der Waals surface area (Å²) in [4.78, 5) is 8.07. The number of hydrogen-bond acceptors (Lipinski definition) is 4. The van der Waals surface area contributed by atoms with E-state index < -0.39 is 0 Å². The Kier molecular flexibility index (Phi) is 5.66. The number of hydrogen-bond donors (Lipinski definition) is 1. The van der Waals surface area contributed by atoms with E-state index in [1.54, 1.807) is 18.5 Å². The van der Waals surface area contributed by atoms with Gasteiger partial charge >= 0.3 is 0 Å². The molecule has 0 amide bonds. The van der Waals surface area contributed by atoms with Crippen molar-refractivity contribution in [3.63, 3.8) is 0 Å². The average Bonchev–Trinajstić information content (AvgIpc) is 2.25. The Morgan fingerprint density at radius 2 is 2.07 bits per heavy atom. The Labute approximate surface area is 84.7 Å². The third-order valence-corrected chi connectivity index (χ3v) is 1.74. The van der Waals surface area contributed by atoms with Gasteiger partial charge in [-0.25, -0.2) is 9.97 Å². The van der Waals surface area contributed by atoms with Gasteiger partial charge in [-0.2, -0.15) is 0 Å². The van der Waals surface area contributed by atoms with Gasteiger partial charge in [0.25, 0.3) is 0 Å². The predicted octanol–water partition coefficient (Wildman–Crippen LogP) is 1.71. The Morgan fingerprint density at radius 3 is 2.79 bits per heavy atom. The van der Waals surface area contributed by atoms with Crippen molar-refractivity contribution in [1.29, 1.82) is 0 Å². The molecule has 0 bridgehead atoms. The zero-order valence-corrected chi connectivity index (χ0v) is 8.57. The maximum Gasteiger partial charge on any atom is 0.222 e. The smallest absolute Gasteiger partial charge is 0.222 e. The van der Waals surface area contributed by atoms with Gasteiger partial charge < -0.3 is 10.1 Å². The lowest BCUT2D eigenvalue weighted by Gasteiger charge is -2.04. The summed E-state index contributed by atoms with van der Waals surface area (Å²) in [5.41, 5.74) is 0. The van der Waals surface area contributed by atoms with Gasteiger partial charge in [-0.1, -0.05) is 13.3 Å². The third kappa shape index (κ3) is 4.77. The molecule has 0 aliphatic carbocycles. The molecule has 0 saturated heterocycles. The summed E-state index contributed by atoms with van der Waals surface area (Å²) in [6.45, 7) is 4.46. The molecule has 0 aliphatic rings. The predicted molar refractivity (Wildman–Crippen MR) is 56.2 cm³/mol. The van der Waals surface area contributed by atoms with E-state index in [1.807, 2.05) is 0 Å². The van der Waals surface area contributed by atoms with Gasteiger partial charge in [-0.15, -0.1) is 0 Å². The molecule has 0 radical (unpaired) electrons. The van der Waals surface area contributed by atoms with E-state index in [1.165, 1.54) is 6.42 Å². The van der Waals surface area contributed by atoms with E-state index in [9.17, 15) is 0 Å². The first-order valence-electron chi connectivity index (χ1n) is 5.02. The molecule has 0 spiro atoms. The minimum absolute atomic E-state index is 0.659. The Hall–Kier alpha value is -1.16. The number of rotatable bonds is 7. The zero-order chi connectivity index (χ0) is 10.1. The molecule has 1 aromatic rings. The van der Waals surface area contributed by atoms with Gasteiger partial charge in [-0.05, 0) is 12.5 Å². The molecule has 1 N–H and O–H groups in total. The fourth-order valence-corrected chi connectivity index (χ4v) is 0.974. The normalized spacial score (nSPS) is 10.1. The van der Waals surface area contributed by atoms with Crippen LogP contribution in [0.15, 0.2) is 18.5 Å². The second kappa shape index (κ2) is 7.26. The molecule has 0 saturated carbocycles. The van der Waals surface area contributed by atoms with Crippen molar-refractivity contribution >= 4 is 5.95 Å². The van der Waals surface area contributed by atoms with E-state index in [-0.39, 0.29) is 0 Å². The fraction of sp³-hybridized carbons (Fsp3) is 0.600. The zero-order valence-electron chi connectivity index (χ0n) is 8.57. The standard InChI is InChI=1S/C10H17N3O/c1-2-3-8-14-9-7-13-10-11-5-4-6-12-10/h4-6H,2-3,7-9H2,1H3,(H,11,12,13). The van der Waals surface area contributed by atoms with E-state index in [4.69, 9.17) is 4.74 Å². The summed E-state index contributed by atoms with van der Waals surface area (Å²) in [5, 5.41) is 3.07. The molecule has 4 nitrogen and oxygen atoms in total. The summed E-state index contributed by atoms with van der Waals surface area (Å²) in [6.07, 6.45) is 5.73. The molecule has 0 fully saturated rings. The molecular formula is C10H17N3O. The highest BCUT2D eigenvalue weighted by atomic mass is 16.5. The SMILES string of the molecule is CCCCOCCNc1ncccn1. The van der Waals surface area contributed by atoms with Crippen LogP contribution in [0.4, 0.5) is 5.95 Å². The van der Waals surface area contributed by atoms with Crippen molar-refractivity contribution in [3.05, 3.63) is 18.5 Å². The molecule has 14 heavy (non-hydrogen) atoms. The van der Waals surface area contributed by atoms with Crippen molar-refractivity contribution in [3.8, 4) is 0 Å². The maximum atomic E-state index is 5.38. The molecule has 78 valence electrons. The van der Waals surface area contributed by atoms with Crippen LogP contribution in [0.1, 0.15) is 19.8 Å². The maximum absolute atomic E-state index is 5.38. The first-order valence-corrected chi connectivity index (χ1v) is 5.02. The van der Waals surface area contributed by atoms with Crippen LogP contribution >= 0.6 is 0 Å². The van der Waals surface area contributed by atoms with Crippen molar-refractivity contribution in [2.24, 2.45) is 0 Å². The van der Waals surface area contributed by atoms with Crippen molar-refractivity contribution < 1.29 is 4.74 Å².